The molecule has 3 heterocycles. The van der Waals surface area contributed by atoms with Gasteiger partial charge in [0.1, 0.15) is 5.82 Å². The minimum atomic E-state index is 0.372. The van der Waals surface area contributed by atoms with E-state index in [1.54, 1.807) is 0 Å². The SMILES string of the molecule is Cc1cc(C)nc(Nc2cccc(C3CCCN3)n2)n1. The third-order valence-corrected chi connectivity index (χ3v) is 3.41. The molecule has 104 valence electrons. The normalized spacial score (nSPS) is 18.2. The van der Waals surface area contributed by atoms with Crippen molar-refractivity contribution in [2.24, 2.45) is 0 Å². The van der Waals surface area contributed by atoms with Crippen LogP contribution in [0.2, 0.25) is 0 Å². The third kappa shape index (κ3) is 2.93. The topological polar surface area (TPSA) is 62.7 Å². The van der Waals surface area contributed by atoms with E-state index in [-0.39, 0.29) is 0 Å². The molecule has 1 fully saturated rings. The number of anilines is 2. The Morgan fingerprint density at radius 2 is 1.95 bits per heavy atom. The van der Waals surface area contributed by atoms with Crippen LogP contribution >= 0.6 is 0 Å². The maximum Gasteiger partial charge on any atom is 0.228 e. The predicted octanol–water partition coefficient (Wildman–Crippen LogP) is 2.66. The molecule has 1 unspecified atom stereocenters. The lowest BCUT2D eigenvalue weighted by Crippen LogP contribution is -2.14. The van der Waals surface area contributed by atoms with Crippen LogP contribution in [0.5, 0.6) is 0 Å². The van der Waals surface area contributed by atoms with Crippen LogP contribution in [0.25, 0.3) is 0 Å². The number of hydrogen-bond acceptors (Lipinski definition) is 5. The molecular formula is C15H19N5. The van der Waals surface area contributed by atoms with Gasteiger partial charge in [-0.3, -0.25) is 0 Å². The van der Waals surface area contributed by atoms with E-state index >= 15 is 0 Å². The molecule has 0 saturated carbocycles. The van der Waals surface area contributed by atoms with Crippen molar-refractivity contribution in [3.63, 3.8) is 0 Å². The molecule has 0 bridgehead atoms. The van der Waals surface area contributed by atoms with E-state index in [1.807, 2.05) is 32.0 Å². The second-order valence-electron chi connectivity index (χ2n) is 5.20. The lowest BCUT2D eigenvalue weighted by Gasteiger charge is -2.11. The van der Waals surface area contributed by atoms with Gasteiger partial charge in [-0.1, -0.05) is 6.07 Å². The lowest BCUT2D eigenvalue weighted by molar-refractivity contribution is 0.629. The summed E-state index contributed by atoms with van der Waals surface area (Å²) in [5.41, 5.74) is 2.99. The van der Waals surface area contributed by atoms with Crippen molar-refractivity contribution >= 4 is 11.8 Å². The summed E-state index contributed by atoms with van der Waals surface area (Å²) in [5.74, 6) is 1.40. The maximum absolute atomic E-state index is 4.66. The zero-order valence-electron chi connectivity index (χ0n) is 11.8. The molecule has 1 atom stereocenters. The van der Waals surface area contributed by atoms with Crippen LogP contribution < -0.4 is 10.6 Å². The average Bonchev–Trinajstić information content (AvgIpc) is 2.91. The molecule has 0 aromatic carbocycles. The Morgan fingerprint density at radius 1 is 1.15 bits per heavy atom. The first-order valence-electron chi connectivity index (χ1n) is 7.00. The Morgan fingerprint density at radius 3 is 2.65 bits per heavy atom. The summed E-state index contributed by atoms with van der Waals surface area (Å²) in [4.78, 5) is 13.4. The van der Waals surface area contributed by atoms with Gasteiger partial charge in [0.05, 0.1) is 5.69 Å². The second kappa shape index (κ2) is 5.54. The third-order valence-electron chi connectivity index (χ3n) is 3.41. The molecule has 0 radical (unpaired) electrons. The van der Waals surface area contributed by atoms with Crippen LogP contribution in [0.3, 0.4) is 0 Å². The Kier molecular flexibility index (Phi) is 3.60. The number of nitrogens with one attached hydrogen (secondary N) is 2. The summed E-state index contributed by atoms with van der Waals surface area (Å²) in [6.45, 7) is 5.00. The van der Waals surface area contributed by atoms with Crippen molar-refractivity contribution in [3.05, 3.63) is 41.3 Å². The molecule has 5 nitrogen and oxygen atoms in total. The summed E-state index contributed by atoms with van der Waals surface area (Å²) in [5, 5.41) is 6.65. The van der Waals surface area contributed by atoms with Crippen molar-refractivity contribution in [1.29, 1.82) is 0 Å². The molecular weight excluding hydrogens is 250 g/mol. The molecule has 5 heteroatoms. The smallest absolute Gasteiger partial charge is 0.228 e. The number of aromatic nitrogens is 3. The number of rotatable bonds is 3. The van der Waals surface area contributed by atoms with Crippen molar-refractivity contribution in [2.45, 2.75) is 32.7 Å². The van der Waals surface area contributed by atoms with Crippen LogP contribution in [-0.2, 0) is 0 Å². The molecule has 1 aliphatic rings. The summed E-state index contributed by atoms with van der Waals surface area (Å²) >= 11 is 0. The highest BCUT2D eigenvalue weighted by Gasteiger charge is 2.17. The van der Waals surface area contributed by atoms with E-state index in [0.717, 1.165) is 35.9 Å². The number of nitrogens with zero attached hydrogens (tertiary/aromatic N) is 3. The minimum Gasteiger partial charge on any atom is -0.309 e. The molecule has 2 aromatic heterocycles. The van der Waals surface area contributed by atoms with Crippen molar-refractivity contribution in [2.75, 3.05) is 11.9 Å². The van der Waals surface area contributed by atoms with Gasteiger partial charge < -0.3 is 10.6 Å². The minimum absolute atomic E-state index is 0.372. The van der Waals surface area contributed by atoms with Gasteiger partial charge in [0, 0.05) is 17.4 Å². The highest BCUT2D eigenvalue weighted by molar-refractivity contribution is 5.48. The highest BCUT2D eigenvalue weighted by atomic mass is 15.1. The van der Waals surface area contributed by atoms with Gasteiger partial charge in [-0.05, 0) is 51.4 Å². The Hall–Kier alpha value is -2.01. The fourth-order valence-electron chi connectivity index (χ4n) is 2.55. The number of pyridine rings is 1. The monoisotopic (exact) mass is 269 g/mol. The zero-order chi connectivity index (χ0) is 13.9. The van der Waals surface area contributed by atoms with Crippen molar-refractivity contribution < 1.29 is 0 Å². The van der Waals surface area contributed by atoms with Crippen LogP contribution in [-0.4, -0.2) is 21.5 Å². The fraction of sp³-hybridized carbons (Fsp3) is 0.400. The van der Waals surface area contributed by atoms with Gasteiger partial charge in [-0.15, -0.1) is 0 Å². The van der Waals surface area contributed by atoms with Crippen LogP contribution in [0, 0.1) is 13.8 Å². The molecule has 3 rings (SSSR count). The van der Waals surface area contributed by atoms with E-state index < -0.39 is 0 Å². The molecule has 2 N–H and O–H groups in total. The van der Waals surface area contributed by atoms with E-state index in [4.69, 9.17) is 0 Å². The summed E-state index contributed by atoms with van der Waals surface area (Å²) in [6, 6.07) is 8.36. The molecule has 0 amide bonds. The zero-order valence-corrected chi connectivity index (χ0v) is 11.8. The molecule has 0 aliphatic carbocycles. The number of hydrogen-bond donors (Lipinski definition) is 2. The van der Waals surface area contributed by atoms with Crippen molar-refractivity contribution in [1.82, 2.24) is 20.3 Å². The second-order valence-corrected chi connectivity index (χ2v) is 5.20. The first-order valence-corrected chi connectivity index (χ1v) is 7.00. The lowest BCUT2D eigenvalue weighted by atomic mass is 10.1. The maximum atomic E-state index is 4.66. The van der Waals surface area contributed by atoms with Gasteiger partial charge >= 0.3 is 0 Å². The molecule has 1 aliphatic heterocycles. The summed E-state index contributed by atoms with van der Waals surface area (Å²) in [7, 11) is 0. The largest absolute Gasteiger partial charge is 0.309 e. The van der Waals surface area contributed by atoms with E-state index in [1.165, 1.54) is 6.42 Å². The fourth-order valence-corrected chi connectivity index (χ4v) is 2.55. The number of aryl methyl sites for hydroxylation is 2. The van der Waals surface area contributed by atoms with Crippen LogP contribution in [0.1, 0.15) is 36.0 Å². The average molecular weight is 269 g/mol. The molecule has 0 spiro atoms. The van der Waals surface area contributed by atoms with E-state index in [2.05, 4.69) is 31.7 Å². The van der Waals surface area contributed by atoms with Gasteiger partial charge in [0.15, 0.2) is 0 Å². The molecule has 2 aromatic rings. The van der Waals surface area contributed by atoms with Crippen molar-refractivity contribution in [3.8, 4) is 0 Å². The standard InChI is InChI=1S/C15H19N5/c1-10-9-11(2)18-15(17-10)20-14-7-3-5-13(19-14)12-6-4-8-16-12/h3,5,7,9,12,16H,4,6,8H2,1-2H3,(H,17,18,19,20). The Balaban J connectivity index is 1.81. The quantitative estimate of drug-likeness (QED) is 0.897. The van der Waals surface area contributed by atoms with Gasteiger partial charge in [-0.2, -0.15) is 0 Å². The van der Waals surface area contributed by atoms with E-state index in [0.29, 0.717) is 12.0 Å². The first kappa shape index (κ1) is 13.0. The summed E-state index contributed by atoms with van der Waals surface area (Å²) in [6.07, 6.45) is 2.36. The van der Waals surface area contributed by atoms with Gasteiger partial charge in [0.2, 0.25) is 5.95 Å². The van der Waals surface area contributed by atoms with E-state index in [9.17, 15) is 0 Å². The van der Waals surface area contributed by atoms with Crippen LogP contribution in [0.15, 0.2) is 24.3 Å². The molecule has 20 heavy (non-hydrogen) atoms. The Labute approximate surface area is 118 Å². The Bertz CT molecular complexity index is 585. The predicted molar refractivity (Wildman–Crippen MR) is 79.0 cm³/mol. The van der Waals surface area contributed by atoms with Crippen LogP contribution in [0.4, 0.5) is 11.8 Å². The van der Waals surface area contributed by atoms with Gasteiger partial charge in [-0.25, -0.2) is 15.0 Å². The highest BCUT2D eigenvalue weighted by Crippen LogP contribution is 2.22. The summed E-state index contributed by atoms with van der Waals surface area (Å²) < 4.78 is 0. The first-order chi connectivity index (χ1) is 9.70. The molecule has 1 saturated heterocycles. The van der Waals surface area contributed by atoms with Gasteiger partial charge in [0.25, 0.3) is 0 Å².